The van der Waals surface area contributed by atoms with Gasteiger partial charge in [0.05, 0.1) is 11.2 Å². The normalized spacial score (nSPS) is 13.0. The van der Waals surface area contributed by atoms with Crippen molar-refractivity contribution < 1.29 is 18.3 Å². The Morgan fingerprint density at radius 1 is 1.00 bits per heavy atom. The topological polar surface area (TPSA) is 20.2 Å². The summed E-state index contributed by atoms with van der Waals surface area (Å²) in [5, 5.41) is 9.53. The Morgan fingerprint density at radius 2 is 1.43 bits per heavy atom. The molecule has 0 heterocycles. The highest BCUT2D eigenvalue weighted by Gasteiger charge is 2.36. The third kappa shape index (κ3) is 2.26. The summed E-state index contributed by atoms with van der Waals surface area (Å²) in [6, 6.07) is 5.02. The van der Waals surface area contributed by atoms with Gasteiger partial charge >= 0.3 is 6.18 Å². The second kappa shape index (κ2) is 3.28. The lowest BCUT2D eigenvalue weighted by Gasteiger charge is -2.22. The zero-order chi connectivity index (χ0) is 11.0. The van der Waals surface area contributed by atoms with Gasteiger partial charge in [0.2, 0.25) is 0 Å². The molecule has 0 aliphatic carbocycles. The molecule has 1 N–H and O–H groups in total. The second-order valence-corrected chi connectivity index (χ2v) is 3.60. The van der Waals surface area contributed by atoms with Crippen LogP contribution in [0, 0.1) is 0 Å². The average Bonchev–Trinajstić information content (AvgIpc) is 2.01. The number of hydrogen-bond donors (Lipinski definition) is 1. The molecule has 0 radical (unpaired) electrons. The van der Waals surface area contributed by atoms with Gasteiger partial charge in [-0.3, -0.25) is 0 Å². The molecule has 0 fully saturated rings. The highest BCUT2D eigenvalue weighted by atomic mass is 19.4. The largest absolute Gasteiger partial charge is 0.416 e. The van der Waals surface area contributed by atoms with Gasteiger partial charge in [0.1, 0.15) is 0 Å². The van der Waals surface area contributed by atoms with Gasteiger partial charge < -0.3 is 5.11 Å². The van der Waals surface area contributed by atoms with E-state index in [0.717, 1.165) is 6.07 Å². The predicted molar refractivity (Wildman–Crippen MR) is 46.7 cm³/mol. The number of alkyl halides is 3. The summed E-state index contributed by atoms with van der Waals surface area (Å²) in [6.07, 6.45) is -4.42. The summed E-state index contributed by atoms with van der Waals surface area (Å²) in [5.74, 6) is 0. The van der Waals surface area contributed by atoms with Gasteiger partial charge in [-0.15, -0.1) is 0 Å². The summed E-state index contributed by atoms with van der Waals surface area (Å²) in [5.41, 5.74) is -2.37. The zero-order valence-electron chi connectivity index (χ0n) is 7.89. The lowest BCUT2D eigenvalue weighted by atomic mass is 9.93. The molecule has 4 heteroatoms. The third-order valence-electron chi connectivity index (χ3n) is 1.89. The van der Waals surface area contributed by atoms with Crippen LogP contribution in [-0.2, 0) is 11.8 Å². The SMILES string of the molecule is CC(C)(O)c1ccccc1C(F)(F)F. The van der Waals surface area contributed by atoms with E-state index in [9.17, 15) is 18.3 Å². The van der Waals surface area contributed by atoms with E-state index in [0.29, 0.717) is 0 Å². The van der Waals surface area contributed by atoms with Crippen molar-refractivity contribution in [3.05, 3.63) is 35.4 Å². The third-order valence-corrected chi connectivity index (χ3v) is 1.89. The van der Waals surface area contributed by atoms with Crippen LogP contribution >= 0.6 is 0 Å². The molecular formula is C10H11F3O. The van der Waals surface area contributed by atoms with Crippen LogP contribution in [0.15, 0.2) is 24.3 Å². The van der Waals surface area contributed by atoms with Crippen LogP contribution in [0.5, 0.6) is 0 Å². The minimum atomic E-state index is -4.42. The fraction of sp³-hybridized carbons (Fsp3) is 0.400. The second-order valence-electron chi connectivity index (χ2n) is 3.60. The minimum Gasteiger partial charge on any atom is -0.386 e. The number of rotatable bonds is 1. The fourth-order valence-corrected chi connectivity index (χ4v) is 1.26. The summed E-state index contributed by atoms with van der Waals surface area (Å²) >= 11 is 0. The molecule has 0 atom stereocenters. The monoisotopic (exact) mass is 204 g/mol. The van der Waals surface area contributed by atoms with E-state index in [-0.39, 0.29) is 5.56 Å². The molecule has 1 aromatic rings. The lowest BCUT2D eigenvalue weighted by molar-refractivity contribution is -0.140. The van der Waals surface area contributed by atoms with Crippen molar-refractivity contribution in [1.82, 2.24) is 0 Å². The summed E-state index contributed by atoms with van der Waals surface area (Å²) in [7, 11) is 0. The number of halogens is 3. The Morgan fingerprint density at radius 3 is 1.71 bits per heavy atom. The first-order chi connectivity index (χ1) is 6.23. The highest BCUT2D eigenvalue weighted by Crippen LogP contribution is 2.36. The van der Waals surface area contributed by atoms with Crippen molar-refractivity contribution in [3.8, 4) is 0 Å². The van der Waals surface area contributed by atoms with E-state index >= 15 is 0 Å². The van der Waals surface area contributed by atoms with Crippen molar-refractivity contribution in [1.29, 1.82) is 0 Å². The van der Waals surface area contributed by atoms with Crippen molar-refractivity contribution >= 4 is 0 Å². The van der Waals surface area contributed by atoms with Crippen molar-refractivity contribution in [2.45, 2.75) is 25.6 Å². The summed E-state index contributed by atoms with van der Waals surface area (Å²) in [6.45, 7) is 2.66. The van der Waals surface area contributed by atoms with Crippen molar-refractivity contribution in [2.75, 3.05) is 0 Å². The summed E-state index contributed by atoms with van der Waals surface area (Å²) in [4.78, 5) is 0. The van der Waals surface area contributed by atoms with Gasteiger partial charge in [-0.1, -0.05) is 18.2 Å². The molecular weight excluding hydrogens is 193 g/mol. The Kier molecular flexibility index (Phi) is 2.58. The van der Waals surface area contributed by atoms with E-state index in [1.807, 2.05) is 0 Å². The average molecular weight is 204 g/mol. The van der Waals surface area contributed by atoms with Crippen LogP contribution in [-0.4, -0.2) is 5.11 Å². The molecule has 0 unspecified atom stereocenters. The number of aliphatic hydroxyl groups is 1. The van der Waals surface area contributed by atoms with Crippen LogP contribution < -0.4 is 0 Å². The standard InChI is InChI=1S/C10H11F3O/c1-9(2,14)7-5-3-4-6-8(7)10(11,12)13/h3-6,14H,1-2H3. The van der Waals surface area contributed by atoms with Crippen LogP contribution in [0.3, 0.4) is 0 Å². The Hall–Kier alpha value is -1.03. The molecule has 78 valence electrons. The Bertz CT molecular complexity index is 290. The Balaban J connectivity index is 3.31. The van der Waals surface area contributed by atoms with Crippen molar-refractivity contribution in [3.63, 3.8) is 0 Å². The van der Waals surface area contributed by atoms with Crippen LogP contribution in [0.2, 0.25) is 0 Å². The molecule has 0 aromatic heterocycles. The van der Waals surface area contributed by atoms with Gasteiger partial charge in [-0.05, 0) is 25.5 Å². The van der Waals surface area contributed by atoms with Gasteiger partial charge in [0.25, 0.3) is 0 Å². The smallest absolute Gasteiger partial charge is 0.386 e. The fourth-order valence-electron chi connectivity index (χ4n) is 1.26. The predicted octanol–water partition coefficient (Wildman–Crippen LogP) is 2.93. The van der Waals surface area contributed by atoms with Gasteiger partial charge in [0.15, 0.2) is 0 Å². The molecule has 0 saturated heterocycles. The zero-order valence-corrected chi connectivity index (χ0v) is 7.89. The molecule has 0 aliphatic rings. The molecule has 1 rings (SSSR count). The number of hydrogen-bond acceptors (Lipinski definition) is 1. The molecule has 0 aliphatic heterocycles. The maximum Gasteiger partial charge on any atom is 0.416 e. The quantitative estimate of drug-likeness (QED) is 0.745. The van der Waals surface area contributed by atoms with Crippen LogP contribution in [0.4, 0.5) is 13.2 Å². The van der Waals surface area contributed by atoms with Crippen LogP contribution in [0.25, 0.3) is 0 Å². The van der Waals surface area contributed by atoms with Gasteiger partial charge in [0, 0.05) is 0 Å². The molecule has 0 bridgehead atoms. The van der Waals surface area contributed by atoms with Crippen molar-refractivity contribution in [2.24, 2.45) is 0 Å². The molecule has 1 nitrogen and oxygen atoms in total. The van der Waals surface area contributed by atoms with Crippen LogP contribution in [0.1, 0.15) is 25.0 Å². The molecule has 1 aromatic carbocycles. The maximum atomic E-state index is 12.5. The molecule has 0 saturated carbocycles. The first kappa shape index (κ1) is 11.0. The molecule has 14 heavy (non-hydrogen) atoms. The van der Waals surface area contributed by atoms with Gasteiger partial charge in [-0.25, -0.2) is 0 Å². The molecule has 0 amide bonds. The first-order valence-electron chi connectivity index (χ1n) is 4.12. The Labute approximate surface area is 80.2 Å². The van der Waals surface area contributed by atoms with E-state index < -0.39 is 17.3 Å². The van der Waals surface area contributed by atoms with E-state index in [4.69, 9.17) is 0 Å². The summed E-state index contributed by atoms with van der Waals surface area (Å²) < 4.78 is 37.4. The number of benzene rings is 1. The molecule has 0 spiro atoms. The first-order valence-corrected chi connectivity index (χ1v) is 4.12. The lowest BCUT2D eigenvalue weighted by Crippen LogP contribution is -2.21. The minimum absolute atomic E-state index is 0.104. The van der Waals surface area contributed by atoms with Gasteiger partial charge in [-0.2, -0.15) is 13.2 Å². The maximum absolute atomic E-state index is 12.5. The van der Waals surface area contributed by atoms with E-state index in [1.54, 1.807) is 0 Å². The van der Waals surface area contributed by atoms with E-state index in [1.165, 1.54) is 32.0 Å². The van der Waals surface area contributed by atoms with E-state index in [2.05, 4.69) is 0 Å². The highest BCUT2D eigenvalue weighted by molar-refractivity contribution is 5.33.